The molecule has 1 aliphatic rings. The molecule has 0 unspecified atom stereocenters. The molecule has 1 amide bonds. The van der Waals surface area contributed by atoms with E-state index in [9.17, 15) is 9.59 Å². The lowest BCUT2D eigenvalue weighted by Gasteiger charge is -2.25. The van der Waals surface area contributed by atoms with Gasteiger partial charge in [-0.1, -0.05) is 29.5 Å². The van der Waals surface area contributed by atoms with E-state index in [4.69, 9.17) is 9.72 Å². The van der Waals surface area contributed by atoms with Crippen molar-refractivity contribution in [3.63, 3.8) is 0 Å². The van der Waals surface area contributed by atoms with Crippen molar-refractivity contribution in [3.05, 3.63) is 58.5 Å². The maximum Gasteiger partial charge on any atom is 0.276 e. The van der Waals surface area contributed by atoms with Crippen molar-refractivity contribution in [1.29, 1.82) is 0 Å². The van der Waals surface area contributed by atoms with Crippen LogP contribution in [-0.2, 0) is 11.3 Å². The fraction of sp³-hybridized carbons (Fsp3) is 0.273. The van der Waals surface area contributed by atoms with Gasteiger partial charge in [0.05, 0.1) is 28.8 Å². The van der Waals surface area contributed by atoms with Crippen LogP contribution < -0.4 is 15.8 Å². The smallest absolute Gasteiger partial charge is 0.276 e. The van der Waals surface area contributed by atoms with E-state index in [2.05, 4.69) is 15.3 Å². The highest BCUT2D eigenvalue weighted by Gasteiger charge is 2.18. The minimum atomic E-state index is -0.351. The fourth-order valence-corrected chi connectivity index (χ4v) is 4.74. The Labute approximate surface area is 182 Å². The lowest BCUT2D eigenvalue weighted by Crippen LogP contribution is -2.36. The molecule has 158 valence electrons. The lowest BCUT2D eigenvalue weighted by molar-refractivity contribution is 0.102. The number of nitrogens with one attached hydrogen (secondary N) is 1. The first-order valence-corrected chi connectivity index (χ1v) is 11.0. The van der Waals surface area contributed by atoms with Gasteiger partial charge in [-0.25, -0.2) is 9.67 Å². The number of aromatic nitrogens is 3. The number of hydrogen-bond acceptors (Lipinski definition) is 7. The molecule has 1 N–H and O–H groups in total. The number of fused-ring (bicyclic) bond motifs is 2. The molecule has 8 nitrogen and oxygen atoms in total. The summed E-state index contributed by atoms with van der Waals surface area (Å²) in [5.74, 6) is -0.351. The van der Waals surface area contributed by atoms with Crippen LogP contribution in [-0.4, -0.2) is 47.0 Å². The van der Waals surface area contributed by atoms with Gasteiger partial charge in [0.15, 0.2) is 10.8 Å². The number of amides is 1. The summed E-state index contributed by atoms with van der Waals surface area (Å²) in [7, 11) is 0. The Kier molecular flexibility index (Phi) is 5.13. The van der Waals surface area contributed by atoms with Crippen molar-refractivity contribution in [1.82, 2.24) is 14.8 Å². The highest BCUT2D eigenvalue weighted by Crippen LogP contribution is 2.31. The predicted octanol–water partition coefficient (Wildman–Crippen LogP) is 3.12. The molecule has 1 fully saturated rings. The van der Waals surface area contributed by atoms with Crippen molar-refractivity contribution in [2.24, 2.45) is 0 Å². The topological polar surface area (TPSA) is 89.3 Å². The molecule has 9 heteroatoms. The maximum atomic E-state index is 13.1. The molecule has 5 rings (SSSR count). The summed E-state index contributed by atoms with van der Waals surface area (Å²) in [6.45, 7) is 5.29. The predicted molar refractivity (Wildman–Crippen MR) is 122 cm³/mol. The zero-order chi connectivity index (χ0) is 21.4. The summed E-state index contributed by atoms with van der Waals surface area (Å²) in [6.07, 6.45) is 0. The highest BCUT2D eigenvalue weighted by molar-refractivity contribution is 7.22. The molecular weight excluding hydrogens is 414 g/mol. The Morgan fingerprint density at radius 2 is 1.94 bits per heavy atom. The second kappa shape index (κ2) is 8.09. The number of rotatable bonds is 4. The first-order valence-electron chi connectivity index (χ1n) is 10.2. The van der Waals surface area contributed by atoms with Gasteiger partial charge in [-0.05, 0) is 31.2 Å². The molecule has 0 aliphatic carbocycles. The van der Waals surface area contributed by atoms with E-state index in [1.54, 1.807) is 35.6 Å². The number of nitrogens with zero attached hydrogens (tertiary/aromatic N) is 4. The number of thiazole rings is 1. The number of hydrogen-bond donors (Lipinski definition) is 1. The Bertz CT molecular complexity index is 1340. The molecule has 4 aromatic rings. The first kappa shape index (κ1) is 19.7. The number of morpholine rings is 1. The molecule has 1 saturated heterocycles. The van der Waals surface area contributed by atoms with Crippen LogP contribution in [0.5, 0.6) is 0 Å². The molecule has 0 bridgehead atoms. The third-order valence-corrected chi connectivity index (χ3v) is 6.38. The zero-order valence-corrected chi connectivity index (χ0v) is 17.8. The van der Waals surface area contributed by atoms with E-state index in [0.29, 0.717) is 36.2 Å². The average molecular weight is 436 g/mol. The van der Waals surface area contributed by atoms with Gasteiger partial charge in [-0.15, -0.1) is 0 Å². The summed E-state index contributed by atoms with van der Waals surface area (Å²) in [5.41, 5.74) is 1.59. The molecule has 0 saturated carbocycles. The fourth-order valence-electron chi connectivity index (χ4n) is 3.69. The third kappa shape index (κ3) is 3.66. The van der Waals surface area contributed by atoms with Crippen LogP contribution in [0.3, 0.4) is 0 Å². The van der Waals surface area contributed by atoms with Crippen LogP contribution in [0.2, 0.25) is 0 Å². The second-order valence-corrected chi connectivity index (χ2v) is 8.26. The molecule has 0 atom stereocenters. The molecule has 1 aliphatic heterocycles. The largest absolute Gasteiger partial charge is 0.378 e. The van der Waals surface area contributed by atoms with Gasteiger partial charge < -0.3 is 15.0 Å². The van der Waals surface area contributed by atoms with Crippen LogP contribution in [0.15, 0.2) is 47.3 Å². The third-order valence-electron chi connectivity index (χ3n) is 5.30. The Morgan fingerprint density at radius 3 is 2.71 bits per heavy atom. The van der Waals surface area contributed by atoms with Crippen molar-refractivity contribution in [2.45, 2.75) is 13.5 Å². The normalized spacial score (nSPS) is 14.3. The lowest BCUT2D eigenvalue weighted by atomic mass is 10.1. The van der Waals surface area contributed by atoms with E-state index in [-0.39, 0.29) is 17.2 Å². The van der Waals surface area contributed by atoms with Gasteiger partial charge in [-0.2, -0.15) is 5.10 Å². The summed E-state index contributed by atoms with van der Waals surface area (Å²) in [5, 5.41) is 9.23. The van der Waals surface area contributed by atoms with Crippen molar-refractivity contribution < 1.29 is 9.53 Å². The van der Waals surface area contributed by atoms with Gasteiger partial charge in [0.1, 0.15) is 0 Å². The van der Waals surface area contributed by atoms with Gasteiger partial charge >= 0.3 is 0 Å². The molecule has 0 spiro atoms. The van der Waals surface area contributed by atoms with Gasteiger partial charge in [0.2, 0.25) is 0 Å². The molecule has 2 aromatic heterocycles. The van der Waals surface area contributed by atoms with Gasteiger partial charge in [-0.3, -0.25) is 9.59 Å². The number of carbonyl (C=O) groups is 1. The van der Waals surface area contributed by atoms with Gasteiger partial charge in [0, 0.05) is 30.7 Å². The minimum absolute atomic E-state index is 0.198. The summed E-state index contributed by atoms with van der Waals surface area (Å²) in [6, 6.07) is 12.7. The van der Waals surface area contributed by atoms with E-state index < -0.39 is 0 Å². The number of ether oxygens (including phenoxy) is 1. The number of anilines is 2. The zero-order valence-electron chi connectivity index (χ0n) is 17.0. The van der Waals surface area contributed by atoms with Crippen LogP contribution in [0, 0.1) is 0 Å². The summed E-state index contributed by atoms with van der Waals surface area (Å²) < 4.78 is 7.73. The van der Waals surface area contributed by atoms with Crippen molar-refractivity contribution in [3.8, 4) is 0 Å². The molecule has 3 heterocycles. The molecule has 2 aromatic carbocycles. The first-order chi connectivity index (χ1) is 15.1. The van der Waals surface area contributed by atoms with E-state index >= 15 is 0 Å². The minimum Gasteiger partial charge on any atom is -0.378 e. The van der Waals surface area contributed by atoms with E-state index in [1.807, 2.05) is 25.1 Å². The number of carbonyl (C=O) groups excluding carboxylic acids is 1. The second-order valence-electron chi connectivity index (χ2n) is 7.25. The molecule has 0 radical (unpaired) electrons. The Hall–Kier alpha value is -3.30. The summed E-state index contributed by atoms with van der Waals surface area (Å²) >= 11 is 1.60. The monoisotopic (exact) mass is 435 g/mol. The standard InChI is InChI=1S/C22H21N5O3S/c1-2-27-21(29)16-6-4-3-5-15(16)19(25-27)20(28)23-14-7-8-17-18(13-14)31-22(24-17)26-9-11-30-12-10-26/h3-8,13H,2,9-12H2,1H3,(H,23,28). The van der Waals surface area contributed by atoms with E-state index in [0.717, 1.165) is 28.4 Å². The Balaban J connectivity index is 1.46. The van der Waals surface area contributed by atoms with Crippen LogP contribution in [0.25, 0.3) is 21.0 Å². The molecule has 31 heavy (non-hydrogen) atoms. The summed E-state index contributed by atoms with van der Waals surface area (Å²) in [4.78, 5) is 32.5. The number of benzene rings is 2. The van der Waals surface area contributed by atoms with Crippen LogP contribution >= 0.6 is 11.3 Å². The number of aryl methyl sites for hydroxylation is 1. The van der Waals surface area contributed by atoms with Crippen LogP contribution in [0.1, 0.15) is 17.4 Å². The van der Waals surface area contributed by atoms with Gasteiger partial charge in [0.25, 0.3) is 11.5 Å². The Morgan fingerprint density at radius 1 is 1.16 bits per heavy atom. The van der Waals surface area contributed by atoms with Crippen LogP contribution in [0.4, 0.5) is 10.8 Å². The highest BCUT2D eigenvalue weighted by atomic mass is 32.1. The quantitative estimate of drug-likeness (QED) is 0.530. The SMILES string of the molecule is CCn1nc(C(=O)Nc2ccc3nc(N4CCOCC4)sc3c2)c2ccccc2c1=O. The average Bonchev–Trinajstić information content (AvgIpc) is 3.23. The molecular formula is C22H21N5O3S. The van der Waals surface area contributed by atoms with Crippen molar-refractivity contribution >= 4 is 49.1 Å². The van der Waals surface area contributed by atoms with Crippen molar-refractivity contribution in [2.75, 3.05) is 36.5 Å². The van der Waals surface area contributed by atoms with E-state index in [1.165, 1.54) is 4.68 Å². The maximum absolute atomic E-state index is 13.1.